The largest absolute Gasteiger partial charge is 0.480 e. The van der Waals surface area contributed by atoms with Crippen molar-refractivity contribution in [2.45, 2.75) is 12.5 Å². The topological polar surface area (TPSA) is 88.5 Å². The maximum atomic E-state index is 12.9. The van der Waals surface area contributed by atoms with Gasteiger partial charge >= 0.3 is 5.97 Å². The van der Waals surface area contributed by atoms with Gasteiger partial charge in [-0.05, 0) is 17.7 Å². The van der Waals surface area contributed by atoms with Crippen LogP contribution in [0.25, 0.3) is 0 Å². The summed E-state index contributed by atoms with van der Waals surface area (Å²) in [7, 11) is 0. The molecule has 3 aliphatic heterocycles. The summed E-state index contributed by atoms with van der Waals surface area (Å²) in [6.07, 6.45) is 0.288. The molecule has 1 amide bonds. The monoisotopic (exact) mass is 362 g/mol. The molecule has 2 fully saturated rings. The van der Waals surface area contributed by atoms with Crippen LogP contribution in [0.3, 0.4) is 0 Å². The smallest absolute Gasteiger partial charge is 0.317 e. The average molecular weight is 362 g/mol. The van der Waals surface area contributed by atoms with Gasteiger partial charge < -0.3 is 24.2 Å². The Bertz CT molecular complexity index is 709. The Kier molecular flexibility index (Phi) is 4.69. The van der Waals surface area contributed by atoms with Gasteiger partial charge in [-0.25, -0.2) is 0 Å². The Hall–Kier alpha value is -2.32. The van der Waals surface area contributed by atoms with Crippen LogP contribution in [0, 0.1) is 5.92 Å². The molecule has 1 aromatic carbocycles. The molecule has 8 nitrogen and oxygen atoms in total. The summed E-state index contributed by atoms with van der Waals surface area (Å²) in [4.78, 5) is 27.8. The molecule has 0 aromatic heterocycles. The lowest BCUT2D eigenvalue weighted by Crippen LogP contribution is -2.47. The quantitative estimate of drug-likeness (QED) is 0.819. The van der Waals surface area contributed by atoms with Crippen LogP contribution in [-0.4, -0.2) is 79.0 Å². The summed E-state index contributed by atoms with van der Waals surface area (Å²) in [5.74, 6) is 0.687. The zero-order chi connectivity index (χ0) is 18.1. The van der Waals surface area contributed by atoms with Gasteiger partial charge in [0.25, 0.3) is 0 Å². The van der Waals surface area contributed by atoms with E-state index in [1.165, 1.54) is 0 Å². The molecule has 0 radical (unpaired) electrons. The van der Waals surface area contributed by atoms with Crippen LogP contribution in [0.5, 0.6) is 11.5 Å². The number of carboxylic acids is 1. The van der Waals surface area contributed by atoms with Crippen molar-refractivity contribution < 1.29 is 28.9 Å². The van der Waals surface area contributed by atoms with Crippen molar-refractivity contribution in [3.8, 4) is 11.5 Å². The molecule has 2 atom stereocenters. The first-order valence-corrected chi connectivity index (χ1v) is 8.78. The number of ether oxygens (including phenoxy) is 3. The predicted octanol–water partition coefficient (Wildman–Crippen LogP) is 0.202. The summed E-state index contributed by atoms with van der Waals surface area (Å²) < 4.78 is 16.3. The van der Waals surface area contributed by atoms with Crippen LogP contribution >= 0.6 is 0 Å². The third-order valence-electron chi connectivity index (χ3n) is 5.07. The number of carbonyl (C=O) groups is 2. The highest BCUT2D eigenvalue weighted by Crippen LogP contribution is 2.32. The van der Waals surface area contributed by atoms with Gasteiger partial charge in [0.1, 0.15) is 0 Å². The lowest BCUT2D eigenvalue weighted by Gasteiger charge is -2.30. The SMILES string of the molecule is O=C(O)CN1C[C@H]2COC[C@@H]1CN(C(=O)Cc1ccc3c(c1)OCO3)C2. The summed E-state index contributed by atoms with van der Waals surface area (Å²) >= 11 is 0. The molecule has 2 bridgehead atoms. The Labute approximate surface area is 151 Å². The molecule has 0 aliphatic carbocycles. The average Bonchev–Trinajstić information content (AvgIpc) is 2.87. The molecule has 3 heterocycles. The van der Waals surface area contributed by atoms with Gasteiger partial charge in [-0.15, -0.1) is 0 Å². The third kappa shape index (κ3) is 3.61. The molecule has 0 saturated carbocycles. The number of aliphatic carboxylic acids is 1. The van der Waals surface area contributed by atoms with E-state index in [1.807, 2.05) is 28.0 Å². The standard InChI is InChI=1S/C18H22N2O6/c21-17(4-12-1-2-15-16(3-12)26-11-25-15)20-6-13-5-19(8-18(22)23)14(7-20)10-24-9-13/h1-3,13-14H,4-11H2,(H,22,23)/t13-,14+/m1/s1. The highest BCUT2D eigenvalue weighted by molar-refractivity contribution is 5.79. The number of hydrogen-bond acceptors (Lipinski definition) is 6. The van der Waals surface area contributed by atoms with Gasteiger partial charge in [0.05, 0.1) is 32.2 Å². The summed E-state index contributed by atoms with van der Waals surface area (Å²) in [5.41, 5.74) is 0.882. The zero-order valence-corrected chi connectivity index (χ0v) is 14.4. The Balaban J connectivity index is 1.45. The minimum absolute atomic E-state index is 0.0191. The number of benzene rings is 1. The van der Waals surface area contributed by atoms with E-state index in [-0.39, 0.29) is 37.6 Å². The fourth-order valence-electron chi connectivity index (χ4n) is 3.84. The van der Waals surface area contributed by atoms with Gasteiger partial charge in [0, 0.05) is 25.6 Å². The number of amides is 1. The van der Waals surface area contributed by atoms with Crippen molar-refractivity contribution in [1.82, 2.24) is 9.80 Å². The summed E-state index contributed by atoms with van der Waals surface area (Å²) in [5, 5.41) is 9.14. The van der Waals surface area contributed by atoms with Crippen molar-refractivity contribution >= 4 is 11.9 Å². The van der Waals surface area contributed by atoms with E-state index in [1.54, 1.807) is 0 Å². The Morgan fingerprint density at radius 2 is 1.96 bits per heavy atom. The second kappa shape index (κ2) is 7.13. The van der Waals surface area contributed by atoms with Gasteiger partial charge in [-0.2, -0.15) is 0 Å². The van der Waals surface area contributed by atoms with Crippen LogP contribution in [0.2, 0.25) is 0 Å². The highest BCUT2D eigenvalue weighted by Gasteiger charge is 2.35. The predicted molar refractivity (Wildman–Crippen MR) is 90.2 cm³/mol. The number of rotatable bonds is 4. The maximum absolute atomic E-state index is 12.9. The normalized spacial score (nSPS) is 25.0. The van der Waals surface area contributed by atoms with Crippen molar-refractivity contribution in [3.63, 3.8) is 0 Å². The lowest BCUT2D eigenvalue weighted by molar-refractivity contribution is -0.139. The first-order chi connectivity index (χ1) is 12.6. The minimum Gasteiger partial charge on any atom is -0.480 e. The second-order valence-electron chi connectivity index (χ2n) is 7.04. The lowest BCUT2D eigenvalue weighted by atomic mass is 10.1. The number of carboxylic acid groups (broad SMARTS) is 1. The molecule has 0 unspecified atom stereocenters. The number of nitrogens with zero attached hydrogens (tertiary/aromatic N) is 2. The second-order valence-corrected chi connectivity index (χ2v) is 7.04. The maximum Gasteiger partial charge on any atom is 0.317 e. The van der Waals surface area contributed by atoms with Crippen molar-refractivity contribution in [1.29, 1.82) is 0 Å². The first kappa shape index (κ1) is 17.1. The van der Waals surface area contributed by atoms with Gasteiger partial charge in [0.15, 0.2) is 11.5 Å². The number of carbonyl (C=O) groups excluding carboxylic acids is 1. The molecule has 3 aliphatic rings. The number of fused-ring (bicyclic) bond motifs is 4. The molecule has 4 rings (SSSR count). The highest BCUT2D eigenvalue weighted by atomic mass is 16.7. The fraction of sp³-hybridized carbons (Fsp3) is 0.556. The van der Waals surface area contributed by atoms with Crippen molar-refractivity contribution in [3.05, 3.63) is 23.8 Å². The van der Waals surface area contributed by atoms with Gasteiger partial charge in [0.2, 0.25) is 12.7 Å². The fourth-order valence-corrected chi connectivity index (χ4v) is 3.84. The molecule has 26 heavy (non-hydrogen) atoms. The van der Waals surface area contributed by atoms with E-state index < -0.39 is 5.97 Å². The van der Waals surface area contributed by atoms with Gasteiger partial charge in [-0.3, -0.25) is 14.5 Å². The molecule has 140 valence electrons. The minimum atomic E-state index is -0.851. The van der Waals surface area contributed by atoms with E-state index in [0.29, 0.717) is 44.3 Å². The molecule has 1 aromatic rings. The third-order valence-corrected chi connectivity index (χ3v) is 5.07. The van der Waals surface area contributed by atoms with Crippen LogP contribution in [0.15, 0.2) is 18.2 Å². The molecule has 1 N–H and O–H groups in total. The Morgan fingerprint density at radius 1 is 1.12 bits per heavy atom. The van der Waals surface area contributed by atoms with Crippen LogP contribution < -0.4 is 9.47 Å². The van der Waals surface area contributed by atoms with Crippen LogP contribution in [0.4, 0.5) is 0 Å². The van der Waals surface area contributed by atoms with E-state index in [0.717, 1.165) is 5.56 Å². The molecule has 2 saturated heterocycles. The van der Waals surface area contributed by atoms with Crippen LogP contribution in [0.1, 0.15) is 5.56 Å². The van der Waals surface area contributed by atoms with Crippen molar-refractivity contribution in [2.75, 3.05) is 46.2 Å². The summed E-state index contributed by atoms with van der Waals surface area (Å²) in [6.45, 7) is 2.93. The number of hydrogen-bond donors (Lipinski definition) is 1. The van der Waals surface area contributed by atoms with Crippen LogP contribution in [-0.2, 0) is 20.7 Å². The molecule has 0 spiro atoms. The van der Waals surface area contributed by atoms with E-state index in [9.17, 15) is 9.59 Å². The van der Waals surface area contributed by atoms with E-state index in [4.69, 9.17) is 19.3 Å². The summed E-state index contributed by atoms with van der Waals surface area (Å²) in [6, 6.07) is 5.46. The van der Waals surface area contributed by atoms with Gasteiger partial charge in [-0.1, -0.05) is 6.07 Å². The molecular weight excluding hydrogens is 340 g/mol. The van der Waals surface area contributed by atoms with E-state index >= 15 is 0 Å². The first-order valence-electron chi connectivity index (χ1n) is 8.78. The van der Waals surface area contributed by atoms with E-state index in [2.05, 4.69) is 0 Å². The molecular formula is C18H22N2O6. The Morgan fingerprint density at radius 3 is 2.81 bits per heavy atom. The zero-order valence-electron chi connectivity index (χ0n) is 14.4. The van der Waals surface area contributed by atoms with Crippen molar-refractivity contribution in [2.24, 2.45) is 5.92 Å². The molecule has 8 heteroatoms.